The molecule has 0 saturated heterocycles. The molecule has 0 aliphatic heterocycles. The van der Waals surface area contributed by atoms with Gasteiger partial charge in [0.1, 0.15) is 12.1 Å². The molecule has 0 atom stereocenters. The lowest BCUT2D eigenvalue weighted by Gasteiger charge is -2.05. The lowest BCUT2D eigenvalue weighted by atomic mass is 10.3. The molecule has 5 nitrogen and oxygen atoms in total. The number of sulfonamides is 1. The zero-order valence-corrected chi connectivity index (χ0v) is 10.2. The number of nitrogens with one attached hydrogen (secondary N) is 1. The summed E-state index contributed by atoms with van der Waals surface area (Å²) in [5.41, 5.74) is 0.664. The van der Waals surface area contributed by atoms with Crippen LogP contribution < -0.4 is 4.72 Å². The van der Waals surface area contributed by atoms with Crippen LogP contribution in [-0.4, -0.2) is 19.9 Å². The van der Waals surface area contributed by atoms with Crippen molar-refractivity contribution in [2.24, 2.45) is 0 Å². The van der Waals surface area contributed by atoms with Gasteiger partial charge in [-0.3, -0.25) is 0 Å². The highest BCUT2D eigenvalue weighted by molar-refractivity contribution is 7.89. The summed E-state index contributed by atoms with van der Waals surface area (Å²) in [7, 11) is -3.61. The zero-order chi connectivity index (χ0) is 13.0. The van der Waals surface area contributed by atoms with E-state index in [1.54, 1.807) is 0 Å². The second-order valence-electron chi connectivity index (χ2n) is 3.58. The predicted octanol–water partition coefficient (Wildman–Crippen LogP) is 1.33. The molecule has 1 heterocycles. The van der Waals surface area contributed by atoms with E-state index in [0.717, 1.165) is 12.1 Å². The lowest BCUT2D eigenvalue weighted by molar-refractivity contribution is 0.555. The van der Waals surface area contributed by atoms with Gasteiger partial charge in [-0.05, 0) is 24.3 Å². The maximum Gasteiger partial charge on any atom is 0.240 e. The van der Waals surface area contributed by atoms with E-state index in [4.69, 9.17) is 4.42 Å². The summed E-state index contributed by atoms with van der Waals surface area (Å²) in [6.07, 6.45) is 3.16. The lowest BCUT2D eigenvalue weighted by Crippen LogP contribution is -2.26. The number of halogens is 1. The Labute approximate surface area is 104 Å². The van der Waals surface area contributed by atoms with Crippen LogP contribution in [0.15, 0.2) is 46.2 Å². The van der Waals surface area contributed by atoms with E-state index in [1.165, 1.54) is 24.8 Å². The van der Waals surface area contributed by atoms with Crippen LogP contribution in [0.2, 0.25) is 0 Å². The monoisotopic (exact) mass is 270 g/mol. The normalized spacial score (nSPS) is 11.6. The van der Waals surface area contributed by atoms with Crippen LogP contribution in [0.5, 0.6) is 0 Å². The summed E-state index contributed by atoms with van der Waals surface area (Å²) in [6, 6.07) is 4.64. The number of oxazole rings is 1. The standard InChI is InChI=1S/C11H11FN2O3S/c12-9-1-3-11(4-2-9)18(15,16)14-6-5-10-7-17-8-13-10/h1-4,7-8,14H,5-6H2. The van der Waals surface area contributed by atoms with Gasteiger partial charge in [0, 0.05) is 13.0 Å². The van der Waals surface area contributed by atoms with Crippen LogP contribution in [0.4, 0.5) is 4.39 Å². The van der Waals surface area contributed by atoms with Crippen molar-refractivity contribution in [3.63, 3.8) is 0 Å². The first-order valence-electron chi connectivity index (χ1n) is 5.20. The predicted molar refractivity (Wildman–Crippen MR) is 61.8 cm³/mol. The Kier molecular flexibility index (Phi) is 3.73. The molecule has 96 valence electrons. The van der Waals surface area contributed by atoms with E-state index in [-0.39, 0.29) is 11.4 Å². The highest BCUT2D eigenvalue weighted by Crippen LogP contribution is 2.09. The first kappa shape index (κ1) is 12.7. The number of hydrogen-bond donors (Lipinski definition) is 1. The maximum atomic E-state index is 12.7. The van der Waals surface area contributed by atoms with Crippen LogP contribution in [0, 0.1) is 5.82 Å². The van der Waals surface area contributed by atoms with Gasteiger partial charge in [-0.25, -0.2) is 22.5 Å². The molecule has 0 aliphatic rings. The molecule has 0 fully saturated rings. The molecule has 0 spiro atoms. The van der Waals surface area contributed by atoms with Crippen molar-refractivity contribution in [3.05, 3.63) is 48.4 Å². The van der Waals surface area contributed by atoms with Crippen LogP contribution in [-0.2, 0) is 16.4 Å². The molecule has 1 N–H and O–H groups in total. The van der Waals surface area contributed by atoms with Gasteiger partial charge in [-0.2, -0.15) is 0 Å². The van der Waals surface area contributed by atoms with Gasteiger partial charge >= 0.3 is 0 Å². The van der Waals surface area contributed by atoms with E-state index in [1.807, 2.05) is 0 Å². The third kappa shape index (κ3) is 3.14. The van der Waals surface area contributed by atoms with Crippen molar-refractivity contribution in [1.29, 1.82) is 0 Å². The topological polar surface area (TPSA) is 72.2 Å². The molecule has 7 heteroatoms. The van der Waals surface area contributed by atoms with Gasteiger partial charge < -0.3 is 4.42 Å². The van der Waals surface area contributed by atoms with Gasteiger partial charge in [-0.15, -0.1) is 0 Å². The van der Waals surface area contributed by atoms with Crippen LogP contribution >= 0.6 is 0 Å². The summed E-state index contributed by atoms with van der Waals surface area (Å²) in [5.74, 6) is -0.475. The molecular formula is C11H11FN2O3S. The second kappa shape index (κ2) is 5.28. The Morgan fingerprint density at radius 3 is 2.61 bits per heavy atom. The van der Waals surface area contributed by atoms with Crippen molar-refractivity contribution < 1.29 is 17.2 Å². The molecule has 0 bridgehead atoms. The Morgan fingerprint density at radius 2 is 2.00 bits per heavy atom. The van der Waals surface area contributed by atoms with E-state index in [9.17, 15) is 12.8 Å². The maximum absolute atomic E-state index is 12.7. The van der Waals surface area contributed by atoms with Crippen molar-refractivity contribution in [3.8, 4) is 0 Å². The fourth-order valence-electron chi connectivity index (χ4n) is 1.37. The molecule has 1 aromatic carbocycles. The summed E-state index contributed by atoms with van der Waals surface area (Å²) in [4.78, 5) is 3.90. The molecule has 18 heavy (non-hydrogen) atoms. The molecular weight excluding hydrogens is 259 g/mol. The first-order valence-corrected chi connectivity index (χ1v) is 6.68. The fourth-order valence-corrected chi connectivity index (χ4v) is 2.40. The van der Waals surface area contributed by atoms with Crippen LogP contribution in [0.3, 0.4) is 0 Å². The quantitative estimate of drug-likeness (QED) is 0.889. The highest BCUT2D eigenvalue weighted by Gasteiger charge is 2.13. The second-order valence-corrected chi connectivity index (χ2v) is 5.35. The first-order chi connectivity index (χ1) is 8.58. The zero-order valence-electron chi connectivity index (χ0n) is 9.34. The van der Waals surface area contributed by atoms with Crippen molar-refractivity contribution in [1.82, 2.24) is 9.71 Å². The highest BCUT2D eigenvalue weighted by atomic mass is 32.2. The SMILES string of the molecule is O=S(=O)(NCCc1cocn1)c1ccc(F)cc1. The average molecular weight is 270 g/mol. The molecule has 2 aromatic rings. The number of benzene rings is 1. The van der Waals surface area contributed by atoms with E-state index in [2.05, 4.69) is 9.71 Å². The molecule has 2 rings (SSSR count). The van der Waals surface area contributed by atoms with Crippen LogP contribution in [0.1, 0.15) is 5.69 Å². The van der Waals surface area contributed by atoms with Crippen LogP contribution in [0.25, 0.3) is 0 Å². The van der Waals surface area contributed by atoms with E-state index < -0.39 is 15.8 Å². The summed E-state index contributed by atoms with van der Waals surface area (Å²) < 4.78 is 43.4. The number of rotatable bonds is 5. The van der Waals surface area contributed by atoms with E-state index >= 15 is 0 Å². The van der Waals surface area contributed by atoms with Gasteiger partial charge in [0.15, 0.2) is 6.39 Å². The Balaban J connectivity index is 1.97. The molecule has 0 amide bonds. The number of aromatic nitrogens is 1. The molecule has 0 aliphatic carbocycles. The largest absolute Gasteiger partial charge is 0.451 e. The fraction of sp³-hybridized carbons (Fsp3) is 0.182. The van der Waals surface area contributed by atoms with Gasteiger partial charge in [0.05, 0.1) is 10.6 Å². The van der Waals surface area contributed by atoms with Crippen molar-refractivity contribution in [2.45, 2.75) is 11.3 Å². The minimum absolute atomic E-state index is 0.0315. The van der Waals surface area contributed by atoms with Crippen molar-refractivity contribution in [2.75, 3.05) is 6.54 Å². The molecule has 0 saturated carbocycles. The Morgan fingerprint density at radius 1 is 1.28 bits per heavy atom. The Bertz CT molecular complexity index is 594. The molecule has 1 aromatic heterocycles. The number of nitrogens with zero attached hydrogens (tertiary/aromatic N) is 1. The third-order valence-electron chi connectivity index (χ3n) is 2.28. The minimum atomic E-state index is -3.61. The summed E-state index contributed by atoms with van der Waals surface area (Å²) in [5, 5.41) is 0. The summed E-state index contributed by atoms with van der Waals surface area (Å²) >= 11 is 0. The van der Waals surface area contributed by atoms with E-state index in [0.29, 0.717) is 12.1 Å². The molecule has 0 radical (unpaired) electrons. The smallest absolute Gasteiger partial charge is 0.240 e. The van der Waals surface area contributed by atoms with Crippen molar-refractivity contribution >= 4 is 10.0 Å². The van der Waals surface area contributed by atoms with Gasteiger partial charge in [0.2, 0.25) is 10.0 Å². The Hall–Kier alpha value is -1.73. The molecule has 0 unspecified atom stereocenters. The average Bonchev–Trinajstić information content (AvgIpc) is 2.82. The number of hydrogen-bond acceptors (Lipinski definition) is 4. The summed E-state index contributed by atoms with van der Waals surface area (Å²) in [6.45, 7) is 0.201. The minimum Gasteiger partial charge on any atom is -0.451 e. The van der Waals surface area contributed by atoms with Gasteiger partial charge in [0.25, 0.3) is 0 Å². The van der Waals surface area contributed by atoms with Gasteiger partial charge in [-0.1, -0.05) is 0 Å². The third-order valence-corrected chi connectivity index (χ3v) is 3.76.